The second-order valence-electron chi connectivity index (χ2n) is 13.4. The van der Waals surface area contributed by atoms with Crippen LogP contribution in [0, 0.1) is 5.82 Å². The van der Waals surface area contributed by atoms with Gasteiger partial charge in [-0.05, 0) is 103 Å². The Labute approximate surface area is 339 Å². The van der Waals surface area contributed by atoms with Crippen LogP contribution < -0.4 is 15.6 Å². The number of hydrogen-bond donors (Lipinski definition) is 1. The second-order valence-corrected chi connectivity index (χ2v) is 14.4. The fourth-order valence-corrected chi connectivity index (χ4v) is 7.56. The van der Waals surface area contributed by atoms with Crippen molar-refractivity contribution in [3.05, 3.63) is 171 Å². The molecule has 0 aliphatic rings. The first kappa shape index (κ1) is 40.5. The van der Waals surface area contributed by atoms with Gasteiger partial charge < -0.3 is 15.0 Å². The molecule has 7 aromatic rings. The van der Waals surface area contributed by atoms with Crippen molar-refractivity contribution in [1.29, 1.82) is 0 Å². The Bertz CT molecular complexity index is 2640. The minimum absolute atomic E-state index is 0.000480. The average molecular weight is 821 g/mol. The van der Waals surface area contributed by atoms with Gasteiger partial charge in [0.15, 0.2) is 0 Å². The van der Waals surface area contributed by atoms with Gasteiger partial charge in [-0.25, -0.2) is 9.37 Å². The van der Waals surface area contributed by atoms with Gasteiger partial charge in [0.25, 0.3) is 11.5 Å². The van der Waals surface area contributed by atoms with E-state index < -0.39 is 41.5 Å². The van der Waals surface area contributed by atoms with Crippen LogP contribution in [0.4, 0.5) is 17.6 Å². The van der Waals surface area contributed by atoms with Crippen molar-refractivity contribution in [2.45, 2.75) is 38.5 Å². The van der Waals surface area contributed by atoms with Crippen LogP contribution in [0.25, 0.3) is 27.2 Å². The predicted octanol–water partition coefficient (Wildman–Crippen LogP) is 8.59. The van der Waals surface area contributed by atoms with E-state index in [0.717, 1.165) is 10.9 Å². The highest BCUT2D eigenvalue weighted by atomic mass is 32.1. The van der Waals surface area contributed by atoms with E-state index in [1.54, 1.807) is 97.5 Å². The summed E-state index contributed by atoms with van der Waals surface area (Å²) in [6.07, 6.45) is -0.616. The Morgan fingerprint density at radius 3 is 2.42 bits per heavy atom. The molecule has 0 aliphatic carbocycles. The van der Waals surface area contributed by atoms with Crippen LogP contribution in [0.5, 0.6) is 5.75 Å². The summed E-state index contributed by atoms with van der Waals surface area (Å²) < 4.78 is 62.2. The predicted molar refractivity (Wildman–Crippen MR) is 216 cm³/mol. The van der Waals surface area contributed by atoms with Crippen molar-refractivity contribution in [3.8, 4) is 22.0 Å². The van der Waals surface area contributed by atoms with Gasteiger partial charge in [0.2, 0.25) is 5.91 Å². The first-order valence-electron chi connectivity index (χ1n) is 18.6. The van der Waals surface area contributed by atoms with E-state index in [4.69, 9.17) is 9.72 Å². The van der Waals surface area contributed by atoms with Gasteiger partial charge in [-0.15, -0.1) is 11.3 Å². The number of hydrogen-bond acceptors (Lipinski definition) is 8. The average Bonchev–Trinajstić information content (AvgIpc) is 3.74. The van der Waals surface area contributed by atoms with Gasteiger partial charge >= 0.3 is 6.18 Å². The summed E-state index contributed by atoms with van der Waals surface area (Å²) in [4.78, 5) is 58.9. The van der Waals surface area contributed by atoms with E-state index >= 15 is 0 Å². The van der Waals surface area contributed by atoms with E-state index in [1.165, 1.54) is 20.8 Å². The van der Waals surface area contributed by atoms with Crippen LogP contribution in [0.2, 0.25) is 0 Å². The van der Waals surface area contributed by atoms with E-state index in [0.29, 0.717) is 57.2 Å². The molecule has 4 aromatic heterocycles. The molecule has 7 rings (SSSR count). The second kappa shape index (κ2) is 17.8. The molecule has 0 aliphatic heterocycles. The summed E-state index contributed by atoms with van der Waals surface area (Å²) in [7, 11) is 0. The number of fused-ring (bicyclic) bond motifs is 1. The standard InChI is InChI=1S/C44H36F4N6O4S/c1-2-58-31-15-13-30(14-16-31)54-41(52-35-10-4-3-9-32(35)43(54)57)37(20-23-51-42(56)39-19-18-38(59-39)36-11-5-6-22-50-36)53(27-29-8-7-21-49-26-29)40(55)25-28-12-17-33(34(45)24-28)44(46,47)48/h3-19,21-22,24,26,37H,2,20,23,25,27H2,1H3,(H,51,56). The summed E-state index contributed by atoms with van der Waals surface area (Å²) >= 11 is 1.26. The molecule has 0 bridgehead atoms. The van der Waals surface area contributed by atoms with E-state index in [2.05, 4.69) is 15.3 Å². The van der Waals surface area contributed by atoms with Crippen LogP contribution >= 0.6 is 11.3 Å². The summed E-state index contributed by atoms with van der Waals surface area (Å²) in [5.41, 5.74) is 0.187. The molecule has 300 valence electrons. The zero-order chi connectivity index (χ0) is 41.5. The fourth-order valence-electron chi connectivity index (χ4n) is 6.66. The number of amides is 2. The number of ether oxygens (including phenoxy) is 1. The lowest BCUT2D eigenvalue weighted by Gasteiger charge is -2.33. The quantitative estimate of drug-likeness (QED) is 0.109. The number of carbonyl (C=O) groups is 2. The molecule has 4 heterocycles. The third-order valence-corrected chi connectivity index (χ3v) is 10.5. The van der Waals surface area contributed by atoms with Crippen LogP contribution in [0.15, 0.2) is 133 Å². The number of halogens is 4. The van der Waals surface area contributed by atoms with Gasteiger partial charge in [0.1, 0.15) is 17.4 Å². The molecule has 0 spiro atoms. The molecule has 2 amide bonds. The Morgan fingerprint density at radius 1 is 0.915 bits per heavy atom. The Hall–Kier alpha value is -6.74. The summed E-state index contributed by atoms with van der Waals surface area (Å²) in [6.45, 7) is 2.18. The van der Waals surface area contributed by atoms with Crippen molar-refractivity contribution < 1.29 is 31.9 Å². The molecule has 59 heavy (non-hydrogen) atoms. The fraction of sp³-hybridized carbons (Fsp3) is 0.182. The zero-order valence-electron chi connectivity index (χ0n) is 31.5. The van der Waals surface area contributed by atoms with Crippen molar-refractivity contribution in [1.82, 2.24) is 29.7 Å². The molecule has 0 fully saturated rings. The summed E-state index contributed by atoms with van der Waals surface area (Å²) in [5.74, 6) is -1.78. The Morgan fingerprint density at radius 2 is 1.71 bits per heavy atom. The van der Waals surface area contributed by atoms with Gasteiger partial charge in [-0.1, -0.05) is 30.3 Å². The van der Waals surface area contributed by atoms with Crippen molar-refractivity contribution in [2.24, 2.45) is 0 Å². The number of aromatic nitrogens is 4. The minimum atomic E-state index is -4.93. The lowest BCUT2D eigenvalue weighted by molar-refractivity contribution is -0.140. The largest absolute Gasteiger partial charge is 0.494 e. The van der Waals surface area contributed by atoms with E-state index in [1.807, 2.05) is 19.1 Å². The van der Waals surface area contributed by atoms with Gasteiger partial charge in [-0.3, -0.25) is 28.9 Å². The first-order valence-corrected chi connectivity index (χ1v) is 19.4. The molecule has 15 heteroatoms. The van der Waals surface area contributed by atoms with Gasteiger partial charge in [0, 0.05) is 31.7 Å². The summed E-state index contributed by atoms with van der Waals surface area (Å²) in [5, 5.41) is 3.25. The smallest absolute Gasteiger partial charge is 0.419 e. The molecule has 1 N–H and O–H groups in total. The molecule has 0 saturated carbocycles. The molecule has 10 nitrogen and oxygen atoms in total. The van der Waals surface area contributed by atoms with Crippen LogP contribution in [-0.4, -0.2) is 49.4 Å². The third kappa shape index (κ3) is 9.36. The number of nitrogens with zero attached hydrogens (tertiary/aromatic N) is 5. The number of nitrogens with one attached hydrogen (secondary N) is 1. The molecular weight excluding hydrogens is 785 g/mol. The number of carbonyl (C=O) groups excluding carboxylic acids is 2. The monoisotopic (exact) mass is 820 g/mol. The SMILES string of the molecule is CCOc1ccc(-n2c(C(CCNC(=O)c3ccc(-c4ccccn4)s3)N(Cc3cccnc3)C(=O)Cc3ccc(C(F)(F)F)c(F)c3)nc3ccccc3c2=O)cc1. The molecule has 3 aromatic carbocycles. The van der Waals surface area contributed by atoms with Crippen LogP contribution in [-0.2, 0) is 23.9 Å². The van der Waals surface area contributed by atoms with Crippen molar-refractivity contribution in [2.75, 3.05) is 13.2 Å². The zero-order valence-corrected chi connectivity index (χ0v) is 32.3. The number of alkyl halides is 3. The Kier molecular flexibility index (Phi) is 12.2. The molecule has 0 saturated heterocycles. The highest BCUT2D eigenvalue weighted by molar-refractivity contribution is 7.17. The van der Waals surface area contributed by atoms with Crippen molar-refractivity contribution >= 4 is 34.1 Å². The van der Waals surface area contributed by atoms with Crippen molar-refractivity contribution in [3.63, 3.8) is 0 Å². The maximum Gasteiger partial charge on any atom is 0.419 e. The van der Waals surface area contributed by atoms with Gasteiger partial charge in [-0.2, -0.15) is 13.2 Å². The maximum atomic E-state index is 14.8. The molecule has 1 atom stereocenters. The Balaban J connectivity index is 1.32. The van der Waals surface area contributed by atoms with Gasteiger partial charge in [0.05, 0.1) is 56.7 Å². The van der Waals surface area contributed by atoms with Crippen LogP contribution in [0.1, 0.15) is 51.6 Å². The number of pyridine rings is 2. The normalized spacial score (nSPS) is 11.9. The molecule has 0 radical (unpaired) electrons. The van der Waals surface area contributed by atoms with Crippen LogP contribution in [0.3, 0.4) is 0 Å². The number of thiophene rings is 1. The highest BCUT2D eigenvalue weighted by Gasteiger charge is 2.35. The third-order valence-electron chi connectivity index (χ3n) is 9.42. The van der Waals surface area contributed by atoms with E-state index in [-0.39, 0.29) is 36.8 Å². The van der Waals surface area contributed by atoms with E-state index in [9.17, 15) is 31.9 Å². The lowest BCUT2D eigenvalue weighted by Crippen LogP contribution is -2.40. The summed E-state index contributed by atoms with van der Waals surface area (Å²) in [6, 6.07) is 27.3. The molecule has 1 unspecified atom stereocenters. The minimum Gasteiger partial charge on any atom is -0.494 e. The number of rotatable bonds is 14. The number of benzene rings is 3. The maximum absolute atomic E-state index is 14.8. The molecular formula is C44H36F4N6O4S. The highest BCUT2D eigenvalue weighted by Crippen LogP contribution is 2.33. The number of para-hydroxylation sites is 1. The topological polar surface area (TPSA) is 119 Å². The first-order chi connectivity index (χ1) is 28.5. The lowest BCUT2D eigenvalue weighted by atomic mass is 10.0.